The van der Waals surface area contributed by atoms with Gasteiger partial charge in [0, 0.05) is 6.07 Å². The number of hydrogen-bond donors (Lipinski definition) is 3. The number of aromatic nitrogens is 2. The van der Waals surface area contributed by atoms with Gasteiger partial charge in [0.25, 0.3) is 0 Å². The smallest absolute Gasteiger partial charge is 0.354 e. The largest absolute Gasteiger partial charge is 0.477 e. The van der Waals surface area contributed by atoms with Gasteiger partial charge in [-0.3, -0.25) is 4.79 Å². The van der Waals surface area contributed by atoms with Crippen LogP contribution in [0.25, 0.3) is 0 Å². The van der Waals surface area contributed by atoms with E-state index in [-0.39, 0.29) is 18.1 Å². The lowest BCUT2D eigenvalue weighted by molar-refractivity contribution is -0.116. The third-order valence-corrected chi connectivity index (χ3v) is 1.33. The Morgan fingerprint density at radius 2 is 2.21 bits per heavy atom. The highest BCUT2D eigenvalue weighted by Gasteiger charge is 2.05. The lowest BCUT2D eigenvalue weighted by atomic mass is 10.4. The molecule has 4 N–H and O–H groups in total. The van der Waals surface area contributed by atoms with Gasteiger partial charge < -0.3 is 16.2 Å². The van der Waals surface area contributed by atoms with Crippen LogP contribution in [0.5, 0.6) is 0 Å². The minimum Gasteiger partial charge on any atom is -0.477 e. The number of carboxylic acids is 1. The summed E-state index contributed by atoms with van der Waals surface area (Å²) in [6.45, 7) is -0.101. The lowest BCUT2D eigenvalue weighted by Gasteiger charge is -2.02. The number of aromatic carboxylic acids is 1. The van der Waals surface area contributed by atoms with Gasteiger partial charge in [-0.2, -0.15) is 0 Å². The number of rotatable bonds is 4. The van der Waals surface area contributed by atoms with Crippen molar-refractivity contribution in [1.82, 2.24) is 9.97 Å². The van der Waals surface area contributed by atoms with Crippen LogP contribution in [0.3, 0.4) is 0 Å². The number of nitrogens with zero attached hydrogens (tertiary/aromatic N) is 2. The molecule has 74 valence electrons. The Morgan fingerprint density at radius 1 is 1.50 bits per heavy atom. The van der Waals surface area contributed by atoms with Gasteiger partial charge in [0.05, 0.1) is 6.54 Å². The van der Waals surface area contributed by atoms with E-state index in [1.165, 1.54) is 6.07 Å². The zero-order valence-corrected chi connectivity index (χ0v) is 7.10. The number of carbonyl (C=O) groups is 2. The number of primary amides is 1. The fraction of sp³-hybridized carbons (Fsp3) is 0.143. The molecule has 7 nitrogen and oxygen atoms in total. The van der Waals surface area contributed by atoms with Crippen molar-refractivity contribution in [2.45, 2.75) is 0 Å². The molecule has 0 aromatic carbocycles. The fourth-order valence-electron chi connectivity index (χ4n) is 0.749. The SMILES string of the molecule is NC(=O)CNc1cc(C(=O)O)ncn1. The number of nitrogens with two attached hydrogens (primary N) is 1. The summed E-state index contributed by atoms with van der Waals surface area (Å²) in [6.07, 6.45) is 1.09. The normalized spacial score (nSPS) is 9.43. The zero-order valence-electron chi connectivity index (χ0n) is 7.10. The third-order valence-electron chi connectivity index (χ3n) is 1.33. The zero-order chi connectivity index (χ0) is 10.6. The summed E-state index contributed by atoms with van der Waals surface area (Å²) in [4.78, 5) is 28.1. The molecule has 0 aliphatic heterocycles. The van der Waals surface area contributed by atoms with Crippen molar-refractivity contribution < 1.29 is 14.7 Å². The molecule has 0 unspecified atom stereocenters. The topological polar surface area (TPSA) is 118 Å². The average Bonchev–Trinajstić information content (AvgIpc) is 2.15. The second-order valence-electron chi connectivity index (χ2n) is 2.41. The number of nitrogens with one attached hydrogen (secondary N) is 1. The summed E-state index contributed by atoms with van der Waals surface area (Å²) in [5.41, 5.74) is 4.73. The van der Waals surface area contributed by atoms with Crippen molar-refractivity contribution in [3.05, 3.63) is 18.1 Å². The van der Waals surface area contributed by atoms with Gasteiger partial charge in [-0.15, -0.1) is 0 Å². The molecular weight excluding hydrogens is 188 g/mol. The molecule has 0 bridgehead atoms. The van der Waals surface area contributed by atoms with Crippen molar-refractivity contribution in [3.8, 4) is 0 Å². The summed E-state index contributed by atoms with van der Waals surface area (Å²) in [5, 5.41) is 11.1. The van der Waals surface area contributed by atoms with Crippen LogP contribution in [0.15, 0.2) is 12.4 Å². The van der Waals surface area contributed by atoms with Gasteiger partial charge in [0.15, 0.2) is 5.69 Å². The first kappa shape index (κ1) is 9.90. The maximum absolute atomic E-state index is 10.5. The molecule has 1 amide bonds. The van der Waals surface area contributed by atoms with Crippen LogP contribution in [0.2, 0.25) is 0 Å². The first-order chi connectivity index (χ1) is 6.59. The maximum atomic E-state index is 10.5. The van der Waals surface area contributed by atoms with Crippen LogP contribution < -0.4 is 11.1 Å². The summed E-state index contributed by atoms with van der Waals surface area (Å²) in [5.74, 6) is -1.47. The van der Waals surface area contributed by atoms with Crippen molar-refractivity contribution in [2.75, 3.05) is 11.9 Å². The molecule has 0 saturated carbocycles. The highest BCUT2D eigenvalue weighted by atomic mass is 16.4. The summed E-state index contributed by atoms with van der Waals surface area (Å²) >= 11 is 0. The predicted molar refractivity (Wildman–Crippen MR) is 46.7 cm³/mol. The predicted octanol–water partition coefficient (Wildman–Crippen LogP) is -0.928. The number of hydrogen-bond acceptors (Lipinski definition) is 5. The van der Waals surface area contributed by atoms with Gasteiger partial charge in [0.1, 0.15) is 12.1 Å². The maximum Gasteiger partial charge on any atom is 0.354 e. The van der Waals surface area contributed by atoms with Crippen LogP contribution in [-0.4, -0.2) is 33.5 Å². The molecule has 1 aromatic rings. The Kier molecular flexibility index (Phi) is 2.95. The van der Waals surface area contributed by atoms with E-state index in [9.17, 15) is 9.59 Å². The molecule has 0 aliphatic rings. The Bertz CT molecular complexity index is 366. The minimum atomic E-state index is -1.16. The van der Waals surface area contributed by atoms with Crippen molar-refractivity contribution in [1.29, 1.82) is 0 Å². The van der Waals surface area contributed by atoms with Gasteiger partial charge >= 0.3 is 5.97 Å². The lowest BCUT2D eigenvalue weighted by Crippen LogP contribution is -2.22. The molecule has 7 heteroatoms. The van der Waals surface area contributed by atoms with Crippen molar-refractivity contribution in [2.24, 2.45) is 5.73 Å². The van der Waals surface area contributed by atoms with E-state index in [0.717, 1.165) is 6.33 Å². The third kappa shape index (κ3) is 2.70. The quantitative estimate of drug-likeness (QED) is 0.572. The number of amides is 1. The molecule has 0 spiro atoms. The van der Waals surface area contributed by atoms with Crippen LogP contribution >= 0.6 is 0 Å². The Hall–Kier alpha value is -2.18. The molecule has 0 fully saturated rings. The molecule has 1 rings (SSSR count). The molecular formula is C7H8N4O3. The molecule has 0 radical (unpaired) electrons. The first-order valence-corrected chi connectivity index (χ1v) is 3.67. The molecule has 0 aliphatic carbocycles. The standard InChI is InChI=1S/C7H8N4O3/c8-5(12)2-9-6-1-4(7(13)14)10-3-11-6/h1,3H,2H2,(H2,8,12)(H,13,14)(H,9,10,11). The van der Waals surface area contributed by atoms with Gasteiger partial charge in [-0.05, 0) is 0 Å². The average molecular weight is 196 g/mol. The van der Waals surface area contributed by atoms with Crippen molar-refractivity contribution >= 4 is 17.7 Å². The van der Waals surface area contributed by atoms with E-state index in [4.69, 9.17) is 10.8 Å². The molecule has 1 aromatic heterocycles. The molecule has 0 saturated heterocycles. The minimum absolute atomic E-state index is 0.101. The Labute approximate surface area is 79.0 Å². The van der Waals surface area contributed by atoms with Crippen LogP contribution in [0.4, 0.5) is 5.82 Å². The van der Waals surface area contributed by atoms with Gasteiger partial charge in [-0.25, -0.2) is 14.8 Å². The monoisotopic (exact) mass is 196 g/mol. The van der Waals surface area contributed by atoms with E-state index >= 15 is 0 Å². The number of carbonyl (C=O) groups excluding carboxylic acids is 1. The van der Waals surface area contributed by atoms with Crippen molar-refractivity contribution in [3.63, 3.8) is 0 Å². The fourth-order valence-corrected chi connectivity index (χ4v) is 0.749. The molecule has 0 atom stereocenters. The highest BCUT2D eigenvalue weighted by Crippen LogP contribution is 2.02. The van der Waals surface area contributed by atoms with E-state index in [1.807, 2.05) is 0 Å². The summed E-state index contributed by atoms with van der Waals surface area (Å²) in [6, 6.07) is 1.21. The van der Waals surface area contributed by atoms with Crippen LogP contribution in [-0.2, 0) is 4.79 Å². The summed E-state index contributed by atoms with van der Waals surface area (Å²) in [7, 11) is 0. The second-order valence-corrected chi connectivity index (χ2v) is 2.41. The van der Waals surface area contributed by atoms with E-state index in [0.29, 0.717) is 0 Å². The van der Waals surface area contributed by atoms with Gasteiger partial charge in [-0.1, -0.05) is 0 Å². The number of carboxylic acid groups (broad SMARTS) is 1. The van der Waals surface area contributed by atoms with Gasteiger partial charge in [0.2, 0.25) is 5.91 Å². The Balaban J connectivity index is 2.73. The van der Waals surface area contributed by atoms with Crippen LogP contribution in [0.1, 0.15) is 10.5 Å². The number of anilines is 1. The molecule has 14 heavy (non-hydrogen) atoms. The summed E-state index contributed by atoms with van der Waals surface area (Å²) < 4.78 is 0. The second kappa shape index (κ2) is 4.17. The van der Waals surface area contributed by atoms with E-state index < -0.39 is 11.9 Å². The highest BCUT2D eigenvalue weighted by molar-refractivity contribution is 5.86. The van der Waals surface area contributed by atoms with Crippen LogP contribution in [0, 0.1) is 0 Å². The first-order valence-electron chi connectivity index (χ1n) is 3.67. The van der Waals surface area contributed by atoms with E-state index in [2.05, 4.69) is 15.3 Å². The van der Waals surface area contributed by atoms with E-state index in [1.54, 1.807) is 0 Å². The molecule has 1 heterocycles. The Morgan fingerprint density at radius 3 is 2.79 bits per heavy atom.